The fourth-order valence-corrected chi connectivity index (χ4v) is 3.96. The Bertz CT molecular complexity index is 1280. The number of benzene rings is 2. The summed E-state index contributed by atoms with van der Waals surface area (Å²) in [4.78, 5) is 31.8. The van der Waals surface area contributed by atoms with Crippen molar-refractivity contribution in [3.05, 3.63) is 102 Å². The number of hydrogen-bond donors (Lipinski definition) is 2. The number of hydrogen-bond acceptors (Lipinski definition) is 7. The first-order valence-corrected chi connectivity index (χ1v) is 10.8. The van der Waals surface area contributed by atoms with Crippen LogP contribution in [0.2, 0.25) is 0 Å². The van der Waals surface area contributed by atoms with Gasteiger partial charge in [0.15, 0.2) is 11.5 Å². The van der Waals surface area contributed by atoms with Crippen molar-refractivity contribution in [1.29, 1.82) is 0 Å². The number of Topliss-reactive ketones (excluding diaryl/α,β-unsaturated/α-hetero) is 1. The molecule has 1 aromatic heterocycles. The van der Waals surface area contributed by atoms with Gasteiger partial charge in [0.25, 0.3) is 11.7 Å². The van der Waals surface area contributed by atoms with Gasteiger partial charge in [-0.25, -0.2) is 0 Å². The van der Waals surface area contributed by atoms with Crippen molar-refractivity contribution in [2.45, 2.75) is 12.6 Å². The summed E-state index contributed by atoms with van der Waals surface area (Å²) >= 11 is 0. The lowest BCUT2D eigenvalue weighted by atomic mass is 9.95. The zero-order chi connectivity index (χ0) is 24.9. The number of methoxy groups -OCH3 is 1. The fourth-order valence-electron chi connectivity index (χ4n) is 3.96. The molecule has 3 aromatic rings. The van der Waals surface area contributed by atoms with Crippen LogP contribution in [0.5, 0.6) is 17.2 Å². The van der Waals surface area contributed by atoms with Gasteiger partial charge in [0.1, 0.15) is 18.1 Å². The van der Waals surface area contributed by atoms with E-state index in [2.05, 4.69) is 11.6 Å². The summed E-state index contributed by atoms with van der Waals surface area (Å²) in [5.74, 6) is -1.22. The number of ether oxygens (including phenoxy) is 2. The molecule has 0 saturated carbocycles. The predicted molar refractivity (Wildman–Crippen MR) is 129 cm³/mol. The van der Waals surface area contributed by atoms with Crippen LogP contribution in [0.15, 0.2) is 85.2 Å². The van der Waals surface area contributed by atoms with Crippen LogP contribution < -0.4 is 9.47 Å². The summed E-state index contributed by atoms with van der Waals surface area (Å²) in [6.07, 6.45) is 4.83. The van der Waals surface area contributed by atoms with Crippen molar-refractivity contribution in [2.75, 3.05) is 13.7 Å². The molecule has 8 nitrogen and oxygen atoms in total. The number of nitrogens with zero attached hydrogens (tertiary/aromatic N) is 2. The van der Waals surface area contributed by atoms with Crippen LogP contribution >= 0.6 is 0 Å². The lowest BCUT2D eigenvalue weighted by molar-refractivity contribution is -0.140. The number of phenolic OH excluding ortho intramolecular Hbond substituents is 1. The largest absolute Gasteiger partial charge is 0.507 e. The van der Waals surface area contributed by atoms with Crippen LogP contribution in [-0.2, 0) is 16.1 Å². The Morgan fingerprint density at radius 3 is 2.60 bits per heavy atom. The van der Waals surface area contributed by atoms with E-state index in [1.807, 2.05) is 0 Å². The number of aliphatic hydroxyl groups excluding tert-OH is 1. The highest BCUT2D eigenvalue weighted by atomic mass is 16.5. The fraction of sp³-hybridized carbons (Fsp3) is 0.148. The Morgan fingerprint density at radius 1 is 1.17 bits per heavy atom. The van der Waals surface area contributed by atoms with Gasteiger partial charge in [-0.3, -0.25) is 14.6 Å². The molecule has 2 N–H and O–H groups in total. The topological polar surface area (TPSA) is 109 Å². The van der Waals surface area contributed by atoms with E-state index >= 15 is 0 Å². The van der Waals surface area contributed by atoms with Gasteiger partial charge in [-0.15, -0.1) is 0 Å². The highest BCUT2D eigenvalue weighted by molar-refractivity contribution is 6.46. The van der Waals surface area contributed by atoms with Crippen molar-refractivity contribution in [3.63, 3.8) is 0 Å². The van der Waals surface area contributed by atoms with Crippen molar-refractivity contribution < 1.29 is 29.3 Å². The molecule has 1 aliphatic heterocycles. The molecular weight excluding hydrogens is 448 g/mol. The molecule has 2 heterocycles. The number of aromatic nitrogens is 1. The average molecular weight is 472 g/mol. The molecule has 1 aliphatic rings. The molecule has 0 spiro atoms. The Hall–Kier alpha value is -4.59. The van der Waals surface area contributed by atoms with Gasteiger partial charge in [-0.05, 0) is 53.6 Å². The van der Waals surface area contributed by atoms with Crippen molar-refractivity contribution in [1.82, 2.24) is 9.88 Å². The molecular formula is C27H24N2O6. The number of aliphatic hydroxyl groups is 1. The van der Waals surface area contributed by atoms with Gasteiger partial charge in [-0.2, -0.15) is 0 Å². The highest BCUT2D eigenvalue weighted by Crippen LogP contribution is 2.42. The molecule has 2 aromatic carbocycles. The number of pyridine rings is 1. The van der Waals surface area contributed by atoms with E-state index in [9.17, 15) is 19.8 Å². The summed E-state index contributed by atoms with van der Waals surface area (Å²) in [6.45, 7) is 4.03. The van der Waals surface area contributed by atoms with E-state index in [0.29, 0.717) is 29.0 Å². The van der Waals surface area contributed by atoms with Crippen LogP contribution in [0.3, 0.4) is 0 Å². The van der Waals surface area contributed by atoms with Crippen molar-refractivity contribution in [2.24, 2.45) is 0 Å². The van der Waals surface area contributed by atoms with E-state index in [0.717, 1.165) is 0 Å². The molecule has 0 radical (unpaired) electrons. The molecule has 0 bridgehead atoms. The van der Waals surface area contributed by atoms with Crippen LogP contribution in [0.25, 0.3) is 5.76 Å². The first kappa shape index (κ1) is 23.6. The minimum atomic E-state index is -0.915. The molecule has 4 rings (SSSR count). The molecule has 35 heavy (non-hydrogen) atoms. The van der Waals surface area contributed by atoms with Crippen LogP contribution in [0.4, 0.5) is 0 Å². The monoisotopic (exact) mass is 472 g/mol. The maximum Gasteiger partial charge on any atom is 0.295 e. The Labute approximate surface area is 202 Å². The van der Waals surface area contributed by atoms with Gasteiger partial charge >= 0.3 is 0 Å². The second kappa shape index (κ2) is 10.1. The maximum atomic E-state index is 13.2. The smallest absolute Gasteiger partial charge is 0.295 e. The molecule has 1 amide bonds. The third kappa shape index (κ3) is 4.72. The van der Waals surface area contributed by atoms with Gasteiger partial charge in [-0.1, -0.05) is 24.8 Å². The number of carbonyl (C=O) groups is 2. The third-order valence-electron chi connectivity index (χ3n) is 5.63. The molecule has 0 unspecified atom stereocenters. The second-order valence-corrected chi connectivity index (χ2v) is 7.84. The highest BCUT2D eigenvalue weighted by Gasteiger charge is 2.46. The van der Waals surface area contributed by atoms with E-state index in [1.165, 1.54) is 18.1 Å². The zero-order valence-corrected chi connectivity index (χ0v) is 19.0. The summed E-state index contributed by atoms with van der Waals surface area (Å²) in [7, 11) is 1.40. The molecule has 1 atom stereocenters. The summed E-state index contributed by atoms with van der Waals surface area (Å²) in [6, 6.07) is 13.7. The zero-order valence-electron chi connectivity index (χ0n) is 19.0. The lowest BCUT2D eigenvalue weighted by Crippen LogP contribution is -2.29. The summed E-state index contributed by atoms with van der Waals surface area (Å²) < 4.78 is 10.7. The van der Waals surface area contributed by atoms with Gasteiger partial charge in [0, 0.05) is 24.5 Å². The third-order valence-corrected chi connectivity index (χ3v) is 5.63. The Morgan fingerprint density at radius 2 is 1.94 bits per heavy atom. The van der Waals surface area contributed by atoms with Gasteiger partial charge in [0.2, 0.25) is 0 Å². The molecule has 178 valence electrons. The minimum Gasteiger partial charge on any atom is -0.507 e. The number of aromatic hydroxyl groups is 1. The SMILES string of the molecule is C=CCOc1ccc(C(O)=C2C(=O)C(=O)N(Cc3cccnc3)[C@@H]2c2ccc(O)c(OC)c2)cc1. The van der Waals surface area contributed by atoms with E-state index in [1.54, 1.807) is 67.0 Å². The standard InChI is InChI=1S/C27H24N2O6/c1-3-13-35-20-9-6-18(7-10-20)25(31)23-24(19-8-11-21(30)22(14-19)34-2)29(27(33)26(23)32)16-17-5-4-12-28-15-17/h3-12,14-15,24,30-31H,1,13,16H2,2H3/t24-/m1/s1. The minimum absolute atomic E-state index is 0.0635. The first-order chi connectivity index (χ1) is 16.9. The second-order valence-electron chi connectivity index (χ2n) is 7.84. The van der Waals surface area contributed by atoms with Crippen LogP contribution in [0, 0.1) is 0 Å². The number of rotatable bonds is 8. The summed E-state index contributed by atoms with van der Waals surface area (Å²) in [5, 5.41) is 21.3. The van der Waals surface area contributed by atoms with E-state index in [4.69, 9.17) is 9.47 Å². The number of phenols is 1. The Kier molecular flexibility index (Phi) is 6.82. The van der Waals surface area contributed by atoms with Crippen LogP contribution in [-0.4, -0.2) is 45.5 Å². The van der Waals surface area contributed by atoms with Crippen molar-refractivity contribution >= 4 is 17.4 Å². The molecule has 0 aliphatic carbocycles. The van der Waals surface area contributed by atoms with Crippen molar-refractivity contribution in [3.8, 4) is 17.2 Å². The lowest BCUT2D eigenvalue weighted by Gasteiger charge is -2.25. The number of carbonyl (C=O) groups excluding carboxylic acids is 2. The number of likely N-dealkylation sites (tertiary alicyclic amines) is 1. The quantitative estimate of drug-likeness (QED) is 0.221. The normalized spacial score (nSPS) is 16.8. The summed E-state index contributed by atoms with van der Waals surface area (Å²) in [5.41, 5.74) is 1.50. The molecule has 1 saturated heterocycles. The predicted octanol–water partition coefficient (Wildman–Crippen LogP) is 3.98. The first-order valence-electron chi connectivity index (χ1n) is 10.8. The number of amides is 1. The van der Waals surface area contributed by atoms with E-state index in [-0.39, 0.29) is 29.4 Å². The Balaban J connectivity index is 1.82. The van der Waals surface area contributed by atoms with Gasteiger partial charge < -0.3 is 24.6 Å². The molecule has 1 fully saturated rings. The number of ketones is 1. The maximum absolute atomic E-state index is 13.2. The van der Waals surface area contributed by atoms with Crippen LogP contribution in [0.1, 0.15) is 22.7 Å². The van der Waals surface area contributed by atoms with E-state index < -0.39 is 17.7 Å². The average Bonchev–Trinajstić information content (AvgIpc) is 3.13. The van der Waals surface area contributed by atoms with Gasteiger partial charge in [0.05, 0.1) is 18.7 Å². The molecule has 8 heteroatoms.